The minimum atomic E-state index is -0.436. The van der Waals surface area contributed by atoms with Crippen molar-refractivity contribution in [2.45, 2.75) is 6.54 Å². The molecule has 1 heterocycles. The van der Waals surface area contributed by atoms with Crippen LogP contribution in [0.25, 0.3) is 6.08 Å². The first-order chi connectivity index (χ1) is 11.2. The van der Waals surface area contributed by atoms with Crippen molar-refractivity contribution in [2.75, 3.05) is 13.7 Å². The third-order valence-electron chi connectivity index (χ3n) is 3.81. The van der Waals surface area contributed by atoms with Gasteiger partial charge in [-0.3, -0.25) is 9.59 Å². The van der Waals surface area contributed by atoms with E-state index in [0.717, 1.165) is 16.9 Å². The first-order valence-electron chi connectivity index (χ1n) is 7.39. The Labute approximate surface area is 135 Å². The molecule has 0 N–H and O–H groups in total. The summed E-state index contributed by atoms with van der Waals surface area (Å²) in [5.41, 5.74) is 2.42. The van der Waals surface area contributed by atoms with Crippen LogP contribution in [0.5, 0.6) is 5.75 Å². The van der Waals surface area contributed by atoms with Crippen LogP contribution in [0.2, 0.25) is 0 Å². The maximum Gasteiger partial charge on any atom is 0.295 e. The molecule has 0 unspecified atom stereocenters. The second-order valence-corrected chi connectivity index (χ2v) is 5.42. The Bertz CT molecular complexity index is 748. The monoisotopic (exact) mass is 307 g/mol. The van der Waals surface area contributed by atoms with Crippen LogP contribution < -0.4 is 4.74 Å². The lowest BCUT2D eigenvalue weighted by molar-refractivity contribution is -0.139. The molecular formula is C19H17NO3. The maximum absolute atomic E-state index is 12.1. The number of ether oxygens (including phenoxy) is 1. The third kappa shape index (κ3) is 3.31. The van der Waals surface area contributed by atoms with Gasteiger partial charge in [0.2, 0.25) is 5.78 Å². The number of hydrogen-bond donors (Lipinski definition) is 0. The second kappa shape index (κ2) is 6.48. The van der Waals surface area contributed by atoms with Crippen molar-refractivity contribution in [2.24, 2.45) is 0 Å². The lowest BCUT2D eigenvalue weighted by atomic mass is 10.1. The smallest absolute Gasteiger partial charge is 0.295 e. The average molecular weight is 307 g/mol. The largest absolute Gasteiger partial charge is 0.497 e. The maximum atomic E-state index is 12.1. The molecule has 1 aliphatic heterocycles. The van der Waals surface area contributed by atoms with Crippen molar-refractivity contribution in [3.8, 4) is 5.75 Å². The molecule has 1 fully saturated rings. The van der Waals surface area contributed by atoms with Crippen molar-refractivity contribution in [1.82, 2.24) is 4.90 Å². The standard InChI is InChI=1S/C19H17NO3/c1-23-17-9-7-14(8-10-17)11-16-13-20(19(22)18(16)21)12-15-5-3-2-4-6-15/h2-11H,12-13H2,1H3/b16-11-. The summed E-state index contributed by atoms with van der Waals surface area (Å²) < 4.78 is 5.11. The minimum Gasteiger partial charge on any atom is -0.497 e. The number of carbonyl (C=O) groups is 2. The summed E-state index contributed by atoms with van der Waals surface area (Å²) in [6.07, 6.45) is 1.77. The van der Waals surface area contributed by atoms with Crippen molar-refractivity contribution in [3.63, 3.8) is 0 Å². The van der Waals surface area contributed by atoms with E-state index in [1.54, 1.807) is 18.1 Å². The summed E-state index contributed by atoms with van der Waals surface area (Å²) >= 11 is 0. The number of amides is 1. The van der Waals surface area contributed by atoms with E-state index in [1.165, 1.54) is 0 Å². The highest BCUT2D eigenvalue weighted by atomic mass is 16.5. The number of methoxy groups -OCH3 is 1. The highest BCUT2D eigenvalue weighted by Crippen LogP contribution is 2.20. The Hall–Kier alpha value is -2.88. The molecule has 1 saturated heterocycles. The lowest BCUT2D eigenvalue weighted by Gasteiger charge is -2.13. The van der Waals surface area contributed by atoms with Crippen LogP contribution in [-0.2, 0) is 16.1 Å². The molecule has 4 heteroatoms. The molecule has 0 atom stereocenters. The molecule has 0 aliphatic carbocycles. The van der Waals surface area contributed by atoms with Crippen molar-refractivity contribution < 1.29 is 14.3 Å². The van der Waals surface area contributed by atoms with Crippen LogP contribution in [0.4, 0.5) is 0 Å². The second-order valence-electron chi connectivity index (χ2n) is 5.42. The molecule has 0 aromatic heterocycles. The highest BCUT2D eigenvalue weighted by molar-refractivity contribution is 6.45. The molecule has 2 aromatic carbocycles. The van der Waals surface area contributed by atoms with Crippen LogP contribution in [0, 0.1) is 0 Å². The minimum absolute atomic E-state index is 0.346. The van der Waals surface area contributed by atoms with Gasteiger partial charge >= 0.3 is 0 Å². The van der Waals surface area contributed by atoms with E-state index in [0.29, 0.717) is 18.7 Å². The quantitative estimate of drug-likeness (QED) is 0.644. The van der Waals surface area contributed by atoms with Crippen LogP contribution >= 0.6 is 0 Å². The van der Waals surface area contributed by atoms with E-state index in [4.69, 9.17) is 4.74 Å². The number of ketones is 1. The molecule has 0 bridgehead atoms. The van der Waals surface area contributed by atoms with Gasteiger partial charge < -0.3 is 9.64 Å². The SMILES string of the molecule is COc1ccc(/C=C2/CN(Cc3ccccc3)C(=O)C2=O)cc1. The number of Topliss-reactive ketones (excluding diaryl/α,β-unsaturated/α-hetero) is 1. The Kier molecular flexibility index (Phi) is 4.24. The van der Waals surface area contributed by atoms with Crippen molar-refractivity contribution in [1.29, 1.82) is 0 Å². The molecule has 116 valence electrons. The van der Waals surface area contributed by atoms with Gasteiger partial charge in [0.05, 0.1) is 13.7 Å². The summed E-state index contributed by atoms with van der Waals surface area (Å²) in [4.78, 5) is 25.9. The first kappa shape index (κ1) is 15.0. The molecule has 4 nitrogen and oxygen atoms in total. The van der Waals surface area contributed by atoms with Crippen molar-refractivity contribution in [3.05, 3.63) is 71.3 Å². The van der Waals surface area contributed by atoms with E-state index in [9.17, 15) is 9.59 Å². The number of nitrogens with zero attached hydrogens (tertiary/aromatic N) is 1. The van der Waals surface area contributed by atoms with Crippen LogP contribution in [-0.4, -0.2) is 30.2 Å². The Morgan fingerprint density at radius 1 is 1.04 bits per heavy atom. The Balaban J connectivity index is 1.77. The van der Waals surface area contributed by atoms with E-state index in [2.05, 4.69) is 0 Å². The number of benzene rings is 2. The normalized spacial score (nSPS) is 16.2. The van der Waals surface area contributed by atoms with Gasteiger partial charge in [0.25, 0.3) is 5.91 Å². The molecule has 0 saturated carbocycles. The fourth-order valence-corrected chi connectivity index (χ4v) is 2.57. The summed E-state index contributed by atoms with van der Waals surface area (Å²) in [5.74, 6) is -0.1000. The zero-order chi connectivity index (χ0) is 16.2. The molecule has 23 heavy (non-hydrogen) atoms. The van der Waals surface area contributed by atoms with Gasteiger partial charge in [0.1, 0.15) is 5.75 Å². The first-order valence-corrected chi connectivity index (χ1v) is 7.39. The van der Waals surface area contributed by atoms with E-state index in [-0.39, 0.29) is 0 Å². The molecule has 1 amide bonds. The molecule has 0 radical (unpaired) electrons. The zero-order valence-corrected chi connectivity index (χ0v) is 12.9. The Morgan fingerprint density at radius 3 is 2.39 bits per heavy atom. The van der Waals surface area contributed by atoms with E-state index in [1.807, 2.05) is 54.6 Å². The van der Waals surface area contributed by atoms with Gasteiger partial charge in [-0.1, -0.05) is 42.5 Å². The fraction of sp³-hybridized carbons (Fsp3) is 0.158. The van der Waals surface area contributed by atoms with Gasteiger partial charge in [-0.05, 0) is 29.3 Å². The van der Waals surface area contributed by atoms with Gasteiger partial charge in [-0.2, -0.15) is 0 Å². The summed E-state index contributed by atoms with van der Waals surface area (Å²) in [6.45, 7) is 0.796. The summed E-state index contributed by atoms with van der Waals surface area (Å²) in [5, 5.41) is 0. The van der Waals surface area contributed by atoms with Gasteiger partial charge in [-0.25, -0.2) is 0 Å². The van der Waals surface area contributed by atoms with E-state index >= 15 is 0 Å². The molecule has 2 aromatic rings. The Morgan fingerprint density at radius 2 is 1.74 bits per heavy atom. The number of likely N-dealkylation sites (tertiary alicyclic amines) is 1. The lowest BCUT2D eigenvalue weighted by Crippen LogP contribution is -2.26. The van der Waals surface area contributed by atoms with Crippen molar-refractivity contribution >= 4 is 17.8 Å². The number of hydrogen-bond acceptors (Lipinski definition) is 3. The van der Waals surface area contributed by atoms with Gasteiger partial charge in [0.15, 0.2) is 0 Å². The molecule has 3 rings (SSSR count). The topological polar surface area (TPSA) is 46.6 Å². The summed E-state index contributed by atoms with van der Waals surface area (Å²) in [7, 11) is 1.61. The van der Waals surface area contributed by atoms with Crippen LogP contribution in [0.15, 0.2) is 60.2 Å². The molecular weight excluding hydrogens is 290 g/mol. The van der Waals surface area contributed by atoms with E-state index < -0.39 is 11.7 Å². The zero-order valence-electron chi connectivity index (χ0n) is 12.9. The average Bonchev–Trinajstić information content (AvgIpc) is 2.84. The van der Waals surface area contributed by atoms with Gasteiger partial charge in [-0.15, -0.1) is 0 Å². The highest BCUT2D eigenvalue weighted by Gasteiger charge is 2.33. The fourth-order valence-electron chi connectivity index (χ4n) is 2.57. The molecule has 1 aliphatic rings. The number of carbonyl (C=O) groups excluding carboxylic acids is 2. The number of rotatable bonds is 4. The van der Waals surface area contributed by atoms with Crippen LogP contribution in [0.3, 0.4) is 0 Å². The summed E-state index contributed by atoms with van der Waals surface area (Å²) in [6, 6.07) is 17.1. The predicted molar refractivity (Wildman–Crippen MR) is 87.8 cm³/mol. The molecule has 0 spiro atoms. The third-order valence-corrected chi connectivity index (χ3v) is 3.81. The van der Waals surface area contributed by atoms with Gasteiger partial charge in [0, 0.05) is 12.1 Å². The predicted octanol–water partition coefficient (Wildman–Crippen LogP) is 2.69. The van der Waals surface area contributed by atoms with Crippen LogP contribution in [0.1, 0.15) is 11.1 Å².